The van der Waals surface area contributed by atoms with E-state index in [4.69, 9.17) is 9.84 Å². The van der Waals surface area contributed by atoms with E-state index in [9.17, 15) is 22.8 Å². The van der Waals surface area contributed by atoms with Crippen LogP contribution in [0.4, 0.5) is 13.2 Å². The van der Waals surface area contributed by atoms with E-state index < -0.39 is 17.7 Å². The first-order valence-corrected chi connectivity index (χ1v) is 7.96. The molecule has 1 aromatic carbocycles. The van der Waals surface area contributed by atoms with E-state index in [2.05, 4.69) is 10.3 Å². The molecule has 1 unspecified atom stereocenters. The van der Waals surface area contributed by atoms with Crippen molar-refractivity contribution >= 4 is 11.9 Å². The molecule has 2 N–H and O–H groups in total. The van der Waals surface area contributed by atoms with Gasteiger partial charge in [-0.2, -0.15) is 13.2 Å². The molecule has 1 amide bonds. The van der Waals surface area contributed by atoms with Crippen molar-refractivity contribution in [1.82, 2.24) is 10.3 Å². The topological polar surface area (TPSA) is 88.5 Å². The van der Waals surface area contributed by atoms with Gasteiger partial charge in [-0.05, 0) is 36.2 Å². The van der Waals surface area contributed by atoms with Crippen LogP contribution in [0.25, 0.3) is 0 Å². The molecule has 0 aliphatic rings. The summed E-state index contributed by atoms with van der Waals surface area (Å²) in [6.45, 7) is 1.93. The number of alkyl halides is 3. The Kier molecular flexibility index (Phi) is 6.38. The number of halogens is 3. The Labute approximate surface area is 153 Å². The fourth-order valence-electron chi connectivity index (χ4n) is 2.14. The summed E-state index contributed by atoms with van der Waals surface area (Å²) in [4.78, 5) is 26.2. The number of hydrogen-bond donors (Lipinski definition) is 2. The Bertz CT molecular complexity index is 790. The second-order valence-electron chi connectivity index (χ2n) is 5.92. The summed E-state index contributed by atoms with van der Waals surface area (Å²) in [6, 6.07) is 7.90. The average molecular weight is 382 g/mol. The Morgan fingerprint density at radius 1 is 1.19 bits per heavy atom. The van der Waals surface area contributed by atoms with Crippen molar-refractivity contribution in [3.63, 3.8) is 0 Å². The highest BCUT2D eigenvalue weighted by molar-refractivity contribution is 5.94. The number of nitrogens with one attached hydrogen (secondary N) is 1. The summed E-state index contributed by atoms with van der Waals surface area (Å²) >= 11 is 0. The molecular weight excluding hydrogens is 365 g/mol. The number of rotatable bonds is 7. The summed E-state index contributed by atoms with van der Waals surface area (Å²) in [7, 11) is 0. The summed E-state index contributed by atoms with van der Waals surface area (Å²) in [6.07, 6.45) is -3.84. The predicted octanol–water partition coefficient (Wildman–Crippen LogP) is 3.73. The third-order valence-electron chi connectivity index (χ3n) is 3.54. The molecule has 6 nitrogen and oxygen atoms in total. The number of carbonyl (C=O) groups is 2. The van der Waals surface area contributed by atoms with Crippen LogP contribution in [0.15, 0.2) is 42.6 Å². The molecule has 27 heavy (non-hydrogen) atoms. The maximum atomic E-state index is 12.5. The Morgan fingerprint density at radius 2 is 1.85 bits per heavy atom. The van der Waals surface area contributed by atoms with Gasteiger partial charge in [0, 0.05) is 30.8 Å². The second kappa shape index (κ2) is 8.52. The summed E-state index contributed by atoms with van der Waals surface area (Å²) in [5.41, 5.74) is -0.538. The molecule has 9 heteroatoms. The van der Waals surface area contributed by atoms with E-state index in [1.165, 1.54) is 24.3 Å². The van der Waals surface area contributed by atoms with E-state index in [0.717, 1.165) is 12.1 Å². The number of pyridine rings is 1. The molecule has 0 saturated carbocycles. The van der Waals surface area contributed by atoms with Crippen LogP contribution in [0.2, 0.25) is 0 Å². The zero-order valence-electron chi connectivity index (χ0n) is 14.3. The number of aliphatic carboxylic acids is 1. The number of hydrogen-bond acceptors (Lipinski definition) is 4. The third kappa shape index (κ3) is 6.28. The third-order valence-corrected chi connectivity index (χ3v) is 3.54. The number of nitrogens with zero attached hydrogens (tertiary/aromatic N) is 1. The van der Waals surface area contributed by atoms with Crippen molar-refractivity contribution in [2.24, 2.45) is 5.92 Å². The van der Waals surface area contributed by atoms with Gasteiger partial charge in [0.05, 0.1) is 5.56 Å². The Morgan fingerprint density at radius 3 is 2.37 bits per heavy atom. The molecule has 0 aliphatic carbocycles. The van der Waals surface area contributed by atoms with Gasteiger partial charge in [0.15, 0.2) is 0 Å². The zero-order chi connectivity index (χ0) is 20.0. The first-order chi connectivity index (χ1) is 12.6. The lowest BCUT2D eigenvalue weighted by Crippen LogP contribution is -2.29. The van der Waals surface area contributed by atoms with E-state index in [1.54, 1.807) is 6.92 Å². The highest BCUT2D eigenvalue weighted by atomic mass is 19.4. The molecule has 1 atom stereocenters. The van der Waals surface area contributed by atoms with Gasteiger partial charge in [0.25, 0.3) is 5.91 Å². The van der Waals surface area contributed by atoms with Crippen molar-refractivity contribution in [3.8, 4) is 11.6 Å². The monoisotopic (exact) mass is 382 g/mol. The summed E-state index contributed by atoms with van der Waals surface area (Å²) < 4.78 is 42.8. The molecule has 1 aromatic heterocycles. The van der Waals surface area contributed by atoms with Crippen LogP contribution in [-0.4, -0.2) is 28.5 Å². The van der Waals surface area contributed by atoms with Crippen molar-refractivity contribution in [2.75, 3.05) is 6.54 Å². The van der Waals surface area contributed by atoms with Gasteiger partial charge >= 0.3 is 12.1 Å². The molecular formula is C18H17F3N2O4. The lowest BCUT2D eigenvalue weighted by Gasteiger charge is -2.11. The standard InChI is InChI=1S/C18H17F3N2O4/c1-11(8-16(24)25)9-23-17(26)12-2-5-14(6-3-12)27-15-7-4-13(10-22-15)18(19,20)21/h2-7,10-11H,8-9H2,1H3,(H,23,26)(H,24,25). The number of carboxylic acid groups (broad SMARTS) is 1. The molecule has 0 saturated heterocycles. The first kappa shape index (κ1) is 20.2. The number of carboxylic acids is 1. The molecule has 2 aromatic rings. The van der Waals surface area contributed by atoms with Crippen molar-refractivity contribution in [3.05, 3.63) is 53.7 Å². The maximum absolute atomic E-state index is 12.5. The van der Waals surface area contributed by atoms with Crippen LogP contribution >= 0.6 is 0 Å². The minimum Gasteiger partial charge on any atom is -0.481 e. The van der Waals surface area contributed by atoms with Crippen molar-refractivity contribution in [1.29, 1.82) is 0 Å². The fraction of sp³-hybridized carbons (Fsp3) is 0.278. The molecule has 2 rings (SSSR count). The second-order valence-corrected chi connectivity index (χ2v) is 5.92. The number of ether oxygens (including phenoxy) is 1. The van der Waals surface area contributed by atoms with E-state index in [0.29, 0.717) is 17.5 Å². The number of benzene rings is 1. The molecule has 0 spiro atoms. The highest BCUT2D eigenvalue weighted by Crippen LogP contribution is 2.30. The number of carbonyl (C=O) groups excluding carboxylic acids is 1. The quantitative estimate of drug-likeness (QED) is 0.762. The average Bonchev–Trinajstić information content (AvgIpc) is 2.59. The van der Waals surface area contributed by atoms with Crippen LogP contribution < -0.4 is 10.1 Å². The van der Waals surface area contributed by atoms with E-state index in [1.807, 2.05) is 0 Å². The van der Waals surface area contributed by atoms with Crippen molar-refractivity contribution < 1.29 is 32.6 Å². The highest BCUT2D eigenvalue weighted by Gasteiger charge is 2.30. The lowest BCUT2D eigenvalue weighted by atomic mass is 10.1. The van der Waals surface area contributed by atoms with Gasteiger partial charge < -0.3 is 15.2 Å². The molecule has 1 heterocycles. The predicted molar refractivity (Wildman–Crippen MR) is 89.5 cm³/mol. The lowest BCUT2D eigenvalue weighted by molar-refractivity contribution is -0.138. The van der Waals surface area contributed by atoms with Crippen LogP contribution in [-0.2, 0) is 11.0 Å². The normalized spacial score (nSPS) is 12.3. The number of amides is 1. The summed E-state index contributed by atoms with van der Waals surface area (Å²) in [5.74, 6) is -1.22. The molecule has 0 aliphatic heterocycles. The van der Waals surface area contributed by atoms with Crippen LogP contribution in [0.3, 0.4) is 0 Å². The van der Waals surface area contributed by atoms with E-state index in [-0.39, 0.29) is 30.7 Å². The maximum Gasteiger partial charge on any atom is 0.417 e. The van der Waals surface area contributed by atoms with Gasteiger partial charge in [-0.3, -0.25) is 9.59 Å². The van der Waals surface area contributed by atoms with Crippen LogP contribution in [0.5, 0.6) is 11.6 Å². The van der Waals surface area contributed by atoms with Gasteiger partial charge in [-0.1, -0.05) is 6.92 Å². The largest absolute Gasteiger partial charge is 0.481 e. The van der Waals surface area contributed by atoms with Crippen molar-refractivity contribution in [2.45, 2.75) is 19.5 Å². The molecule has 0 radical (unpaired) electrons. The fourth-order valence-corrected chi connectivity index (χ4v) is 2.14. The van der Waals surface area contributed by atoms with Gasteiger partial charge in [0.1, 0.15) is 5.75 Å². The smallest absolute Gasteiger partial charge is 0.417 e. The van der Waals surface area contributed by atoms with Gasteiger partial charge in [-0.25, -0.2) is 4.98 Å². The Balaban J connectivity index is 1.92. The minimum atomic E-state index is -4.47. The molecule has 0 fully saturated rings. The van der Waals surface area contributed by atoms with Crippen LogP contribution in [0, 0.1) is 5.92 Å². The van der Waals surface area contributed by atoms with Crippen LogP contribution in [0.1, 0.15) is 29.3 Å². The Hall–Kier alpha value is -3.10. The van der Waals surface area contributed by atoms with Gasteiger partial charge in [0.2, 0.25) is 5.88 Å². The molecule has 0 bridgehead atoms. The number of aromatic nitrogens is 1. The minimum absolute atomic E-state index is 0.0114. The first-order valence-electron chi connectivity index (χ1n) is 7.96. The van der Waals surface area contributed by atoms with E-state index >= 15 is 0 Å². The van der Waals surface area contributed by atoms with Gasteiger partial charge in [-0.15, -0.1) is 0 Å². The summed E-state index contributed by atoms with van der Waals surface area (Å²) in [5, 5.41) is 11.3. The SMILES string of the molecule is CC(CNC(=O)c1ccc(Oc2ccc(C(F)(F)F)cn2)cc1)CC(=O)O. The zero-order valence-corrected chi connectivity index (χ0v) is 14.3. The molecule has 144 valence electrons.